The number of hydrazine groups is 1. The first-order chi connectivity index (χ1) is 16.9. The molecule has 35 heavy (non-hydrogen) atoms. The molecule has 0 saturated carbocycles. The number of carbonyl (C=O) groups is 1. The van der Waals surface area contributed by atoms with E-state index in [9.17, 15) is 4.79 Å². The maximum Gasteiger partial charge on any atom is 0.275 e. The fourth-order valence-corrected chi connectivity index (χ4v) is 4.39. The van der Waals surface area contributed by atoms with E-state index in [2.05, 4.69) is 36.4 Å². The molecule has 174 valence electrons. The van der Waals surface area contributed by atoms with Gasteiger partial charge in [-0.15, -0.1) is 0 Å². The molecule has 7 nitrogen and oxygen atoms in total. The third-order valence-corrected chi connectivity index (χ3v) is 6.31. The van der Waals surface area contributed by atoms with Crippen LogP contribution >= 0.6 is 27.5 Å². The van der Waals surface area contributed by atoms with E-state index in [1.54, 1.807) is 43.7 Å². The number of fused-ring (bicyclic) bond motifs is 1. The second-order valence-electron chi connectivity index (χ2n) is 7.61. The van der Waals surface area contributed by atoms with Crippen molar-refractivity contribution in [3.05, 3.63) is 100 Å². The van der Waals surface area contributed by atoms with Gasteiger partial charge in [-0.1, -0.05) is 51.8 Å². The van der Waals surface area contributed by atoms with Gasteiger partial charge < -0.3 is 0 Å². The third-order valence-electron chi connectivity index (χ3n) is 5.38. The minimum Gasteiger partial charge on any atom is -0.271 e. The average Bonchev–Trinajstić information content (AvgIpc) is 3.29. The van der Waals surface area contributed by atoms with Crippen LogP contribution in [0.5, 0.6) is 0 Å². The Bertz CT molecular complexity index is 1560. The van der Waals surface area contributed by atoms with Crippen LogP contribution in [-0.4, -0.2) is 32.5 Å². The van der Waals surface area contributed by atoms with Crippen molar-refractivity contribution in [2.75, 3.05) is 12.1 Å². The van der Waals surface area contributed by atoms with Crippen LogP contribution in [0, 0.1) is 5.82 Å². The fourth-order valence-electron chi connectivity index (χ4n) is 3.73. The zero-order valence-electron chi connectivity index (χ0n) is 18.3. The van der Waals surface area contributed by atoms with Crippen molar-refractivity contribution in [2.24, 2.45) is 0 Å². The van der Waals surface area contributed by atoms with Crippen LogP contribution in [-0.2, 0) is 0 Å². The molecule has 2 aromatic carbocycles. The summed E-state index contributed by atoms with van der Waals surface area (Å²) in [6.07, 6.45) is 4.65. The van der Waals surface area contributed by atoms with Crippen molar-refractivity contribution in [2.45, 2.75) is 0 Å². The lowest BCUT2D eigenvalue weighted by molar-refractivity contribution is 0.0952. The lowest BCUT2D eigenvalue weighted by Crippen LogP contribution is -2.39. The van der Waals surface area contributed by atoms with Gasteiger partial charge in [0.15, 0.2) is 5.65 Å². The summed E-state index contributed by atoms with van der Waals surface area (Å²) in [7, 11) is 1.68. The minimum atomic E-state index is -0.519. The SMILES string of the molecule is CN(NC(=O)c1cnn2c(-c3ccc(Cl)cc3F)c(-c3ccccc3Br)cnc12)c1ccccn1. The summed E-state index contributed by atoms with van der Waals surface area (Å²) in [6, 6.07) is 17.3. The van der Waals surface area contributed by atoms with Crippen molar-refractivity contribution in [1.82, 2.24) is 25.0 Å². The van der Waals surface area contributed by atoms with Gasteiger partial charge in [-0.2, -0.15) is 5.10 Å². The van der Waals surface area contributed by atoms with Crippen LogP contribution in [0.3, 0.4) is 0 Å². The Morgan fingerprint density at radius 3 is 2.57 bits per heavy atom. The third kappa shape index (κ3) is 4.36. The molecule has 0 aliphatic heterocycles. The van der Waals surface area contributed by atoms with Crippen molar-refractivity contribution < 1.29 is 9.18 Å². The molecule has 0 radical (unpaired) electrons. The average molecular weight is 552 g/mol. The standard InChI is InChI=1S/C25H17BrClFN6O/c1-33(22-8-4-5-11-29-22)32-25(35)19-14-31-34-23(17-10-9-15(27)12-21(17)28)18(13-30-24(19)34)16-6-2-3-7-20(16)26/h2-14H,1H3,(H,32,35). The zero-order chi connectivity index (χ0) is 24.5. The highest BCUT2D eigenvalue weighted by molar-refractivity contribution is 9.10. The summed E-state index contributed by atoms with van der Waals surface area (Å²) in [4.78, 5) is 21.8. The van der Waals surface area contributed by atoms with Gasteiger partial charge in [-0.25, -0.2) is 18.9 Å². The molecule has 0 spiro atoms. The van der Waals surface area contributed by atoms with Crippen LogP contribution in [0.1, 0.15) is 10.4 Å². The Balaban J connectivity index is 1.66. The summed E-state index contributed by atoms with van der Waals surface area (Å²) in [6.45, 7) is 0. The molecule has 3 aromatic heterocycles. The van der Waals surface area contributed by atoms with Crippen LogP contribution in [0.15, 0.2) is 83.7 Å². The number of halogens is 3. The van der Waals surface area contributed by atoms with Gasteiger partial charge in [0, 0.05) is 40.1 Å². The highest BCUT2D eigenvalue weighted by atomic mass is 79.9. The molecular weight excluding hydrogens is 535 g/mol. The summed E-state index contributed by atoms with van der Waals surface area (Å²) >= 11 is 9.57. The monoisotopic (exact) mass is 550 g/mol. The lowest BCUT2D eigenvalue weighted by Gasteiger charge is -2.18. The highest BCUT2D eigenvalue weighted by Crippen LogP contribution is 2.37. The highest BCUT2D eigenvalue weighted by Gasteiger charge is 2.23. The zero-order valence-corrected chi connectivity index (χ0v) is 20.6. The summed E-state index contributed by atoms with van der Waals surface area (Å²) < 4.78 is 17.4. The van der Waals surface area contributed by atoms with Crippen molar-refractivity contribution in [3.8, 4) is 22.4 Å². The topological polar surface area (TPSA) is 75.4 Å². The smallest absolute Gasteiger partial charge is 0.271 e. The second kappa shape index (κ2) is 9.44. The Hall–Kier alpha value is -3.82. The van der Waals surface area contributed by atoms with Gasteiger partial charge in [-0.3, -0.25) is 15.2 Å². The number of hydrogen-bond acceptors (Lipinski definition) is 5. The molecule has 0 saturated heterocycles. The number of pyridine rings is 1. The number of anilines is 1. The Kier molecular flexibility index (Phi) is 6.19. The van der Waals surface area contributed by atoms with Crippen molar-refractivity contribution in [1.29, 1.82) is 0 Å². The number of amides is 1. The first-order valence-corrected chi connectivity index (χ1v) is 11.6. The van der Waals surface area contributed by atoms with Gasteiger partial charge in [0.1, 0.15) is 17.2 Å². The Labute approximate surface area is 213 Å². The maximum absolute atomic E-state index is 15.1. The number of nitrogens with one attached hydrogen (secondary N) is 1. The second-order valence-corrected chi connectivity index (χ2v) is 8.90. The molecule has 0 atom stereocenters. The number of carbonyl (C=O) groups excluding carboxylic acids is 1. The fraction of sp³-hybridized carbons (Fsp3) is 0.0400. The predicted octanol–water partition coefficient (Wildman–Crippen LogP) is 5.79. The maximum atomic E-state index is 15.1. The molecule has 5 rings (SSSR count). The number of nitrogens with zero attached hydrogens (tertiary/aromatic N) is 5. The summed E-state index contributed by atoms with van der Waals surface area (Å²) in [5.74, 6) is -0.392. The molecule has 5 aromatic rings. The van der Waals surface area contributed by atoms with E-state index in [1.165, 1.54) is 21.8 Å². The minimum absolute atomic E-state index is 0.224. The van der Waals surface area contributed by atoms with E-state index >= 15 is 4.39 Å². The van der Waals surface area contributed by atoms with Gasteiger partial charge in [-0.05, 0) is 42.0 Å². The molecule has 0 aliphatic carbocycles. The largest absolute Gasteiger partial charge is 0.275 e. The van der Waals surface area contributed by atoms with E-state index in [4.69, 9.17) is 11.6 Å². The van der Waals surface area contributed by atoms with E-state index in [-0.39, 0.29) is 21.8 Å². The van der Waals surface area contributed by atoms with Gasteiger partial charge in [0.05, 0.1) is 11.9 Å². The molecular formula is C25H17BrClFN6O. The normalized spacial score (nSPS) is 11.0. The predicted molar refractivity (Wildman–Crippen MR) is 137 cm³/mol. The van der Waals surface area contributed by atoms with E-state index in [1.807, 2.05) is 30.3 Å². The summed E-state index contributed by atoms with van der Waals surface area (Å²) in [5, 5.41) is 6.20. The van der Waals surface area contributed by atoms with Crippen molar-refractivity contribution in [3.63, 3.8) is 0 Å². The molecule has 10 heteroatoms. The first kappa shape index (κ1) is 22.9. The van der Waals surface area contributed by atoms with E-state index in [0.717, 1.165) is 10.0 Å². The summed E-state index contributed by atoms with van der Waals surface area (Å²) in [5.41, 5.74) is 5.40. The van der Waals surface area contributed by atoms with Crippen LogP contribution in [0.4, 0.5) is 10.2 Å². The Morgan fingerprint density at radius 2 is 1.83 bits per heavy atom. The van der Waals surface area contributed by atoms with Crippen LogP contribution in [0.2, 0.25) is 5.02 Å². The number of rotatable bonds is 5. The quantitative estimate of drug-likeness (QED) is 0.280. The van der Waals surface area contributed by atoms with Crippen LogP contribution < -0.4 is 10.4 Å². The lowest BCUT2D eigenvalue weighted by atomic mass is 10.0. The van der Waals surface area contributed by atoms with E-state index in [0.29, 0.717) is 17.1 Å². The Morgan fingerprint density at radius 1 is 1.03 bits per heavy atom. The molecule has 0 fully saturated rings. The molecule has 0 aliphatic rings. The molecule has 1 N–H and O–H groups in total. The van der Waals surface area contributed by atoms with Gasteiger partial charge in [0.25, 0.3) is 5.91 Å². The molecule has 3 heterocycles. The molecule has 1 amide bonds. The molecule has 0 unspecified atom stereocenters. The number of hydrogen-bond donors (Lipinski definition) is 1. The van der Waals surface area contributed by atoms with Crippen LogP contribution in [0.25, 0.3) is 28.0 Å². The first-order valence-electron chi connectivity index (χ1n) is 10.5. The van der Waals surface area contributed by atoms with Crippen molar-refractivity contribution >= 4 is 44.9 Å². The molecule has 0 bridgehead atoms. The van der Waals surface area contributed by atoms with Gasteiger partial charge in [0.2, 0.25) is 0 Å². The number of benzene rings is 2. The van der Waals surface area contributed by atoms with Gasteiger partial charge >= 0.3 is 0 Å². The van der Waals surface area contributed by atoms with E-state index < -0.39 is 11.7 Å². The number of aromatic nitrogens is 4.